The zero-order chi connectivity index (χ0) is 17.7. The zero-order valence-electron chi connectivity index (χ0n) is 14.6. The number of aryl methyl sites for hydroxylation is 1. The van der Waals surface area contributed by atoms with E-state index in [-0.39, 0.29) is 11.2 Å². The predicted octanol–water partition coefficient (Wildman–Crippen LogP) is 4.02. The molecule has 0 aliphatic rings. The molecule has 1 aromatic carbocycles. The monoisotopic (exact) mass is 344 g/mol. The first kappa shape index (κ1) is 18.3. The summed E-state index contributed by atoms with van der Waals surface area (Å²) in [6.07, 6.45) is 1.80. The lowest BCUT2D eigenvalue weighted by molar-refractivity contribution is -0.115. The van der Waals surface area contributed by atoms with E-state index in [1.165, 1.54) is 11.8 Å². The molecule has 0 aliphatic carbocycles. The van der Waals surface area contributed by atoms with Crippen molar-refractivity contribution in [3.63, 3.8) is 0 Å². The average Bonchev–Trinajstić information content (AvgIpc) is 2.88. The van der Waals surface area contributed by atoms with E-state index in [1.807, 2.05) is 42.7 Å². The summed E-state index contributed by atoms with van der Waals surface area (Å²) >= 11 is 1.40. The molecule has 0 fully saturated rings. The van der Waals surface area contributed by atoms with Crippen molar-refractivity contribution in [2.24, 2.45) is 0 Å². The fourth-order valence-electron chi connectivity index (χ4n) is 2.35. The van der Waals surface area contributed by atoms with Crippen LogP contribution in [0.3, 0.4) is 0 Å². The summed E-state index contributed by atoms with van der Waals surface area (Å²) in [5, 5.41) is 11.7. The summed E-state index contributed by atoms with van der Waals surface area (Å²) in [4.78, 5) is 12.6. The van der Waals surface area contributed by atoms with Crippen molar-refractivity contribution in [1.29, 1.82) is 0 Å². The SMILES string of the molecule is C=CCn1c(C)nnc1SC(C)C(=O)Nc1ccccc1C(C)C. The van der Waals surface area contributed by atoms with E-state index in [1.54, 1.807) is 6.08 Å². The molecule has 0 spiro atoms. The number of carbonyl (C=O) groups is 1. The van der Waals surface area contributed by atoms with Gasteiger partial charge < -0.3 is 9.88 Å². The Bertz CT molecular complexity index is 724. The molecular weight excluding hydrogens is 320 g/mol. The molecular formula is C18H24N4OS. The number of nitrogens with zero attached hydrogens (tertiary/aromatic N) is 3. The maximum atomic E-state index is 12.6. The van der Waals surface area contributed by atoms with Crippen LogP contribution in [0.5, 0.6) is 0 Å². The van der Waals surface area contributed by atoms with Crippen molar-refractivity contribution in [2.45, 2.75) is 50.6 Å². The zero-order valence-corrected chi connectivity index (χ0v) is 15.4. The van der Waals surface area contributed by atoms with Gasteiger partial charge in [0.1, 0.15) is 5.82 Å². The Labute approximate surface area is 147 Å². The Morgan fingerprint density at radius 1 is 1.33 bits per heavy atom. The molecule has 1 heterocycles. The molecule has 1 amide bonds. The van der Waals surface area contributed by atoms with Gasteiger partial charge in [0.2, 0.25) is 5.91 Å². The van der Waals surface area contributed by atoms with Gasteiger partial charge in [-0.1, -0.05) is 49.9 Å². The normalized spacial score (nSPS) is 12.2. The van der Waals surface area contributed by atoms with E-state index in [9.17, 15) is 4.79 Å². The van der Waals surface area contributed by atoms with E-state index >= 15 is 0 Å². The fraction of sp³-hybridized carbons (Fsp3) is 0.389. The predicted molar refractivity (Wildman–Crippen MR) is 99.4 cm³/mol. The molecule has 0 saturated heterocycles. The second-order valence-corrected chi connectivity index (χ2v) is 7.23. The standard InChI is InChI=1S/C18H24N4OS/c1-6-11-22-14(5)20-21-18(22)24-13(4)17(23)19-16-10-8-7-9-15(16)12(2)3/h6-10,12-13H,1,11H2,2-5H3,(H,19,23). The number of rotatable bonds is 7. The first-order chi connectivity index (χ1) is 11.4. The van der Waals surface area contributed by atoms with Crippen LogP contribution in [-0.4, -0.2) is 25.9 Å². The van der Waals surface area contributed by atoms with Crippen LogP contribution >= 0.6 is 11.8 Å². The van der Waals surface area contributed by atoms with Crippen LogP contribution in [0.2, 0.25) is 0 Å². The van der Waals surface area contributed by atoms with Crippen LogP contribution < -0.4 is 5.32 Å². The number of allylic oxidation sites excluding steroid dienone is 1. The Balaban J connectivity index is 2.10. The molecule has 5 nitrogen and oxygen atoms in total. The van der Waals surface area contributed by atoms with Gasteiger partial charge in [-0.25, -0.2) is 0 Å². The maximum Gasteiger partial charge on any atom is 0.237 e. The summed E-state index contributed by atoms with van der Waals surface area (Å²) < 4.78 is 1.95. The number of para-hydroxylation sites is 1. The Hall–Kier alpha value is -2.08. The topological polar surface area (TPSA) is 59.8 Å². The van der Waals surface area contributed by atoms with Crippen molar-refractivity contribution < 1.29 is 4.79 Å². The molecule has 0 saturated carbocycles. The maximum absolute atomic E-state index is 12.6. The van der Waals surface area contributed by atoms with E-state index in [2.05, 4.69) is 35.9 Å². The van der Waals surface area contributed by atoms with Crippen LogP contribution in [0.4, 0.5) is 5.69 Å². The van der Waals surface area contributed by atoms with Crippen molar-refractivity contribution in [3.8, 4) is 0 Å². The second kappa shape index (κ2) is 8.15. The van der Waals surface area contributed by atoms with E-state index < -0.39 is 0 Å². The highest BCUT2D eigenvalue weighted by molar-refractivity contribution is 8.00. The Kier molecular flexibility index (Phi) is 6.20. The number of benzene rings is 1. The highest BCUT2D eigenvalue weighted by Crippen LogP contribution is 2.26. The minimum absolute atomic E-state index is 0.0427. The summed E-state index contributed by atoms with van der Waals surface area (Å²) in [5.74, 6) is 1.12. The number of nitrogens with one attached hydrogen (secondary N) is 1. The summed E-state index contributed by atoms with van der Waals surface area (Å²) in [6.45, 7) is 12.4. The van der Waals surface area contributed by atoms with E-state index in [0.29, 0.717) is 12.5 Å². The number of thioether (sulfide) groups is 1. The molecule has 6 heteroatoms. The first-order valence-electron chi connectivity index (χ1n) is 8.01. The van der Waals surface area contributed by atoms with Gasteiger partial charge in [0.05, 0.1) is 5.25 Å². The van der Waals surface area contributed by atoms with Crippen molar-refractivity contribution in [2.75, 3.05) is 5.32 Å². The Morgan fingerprint density at radius 3 is 2.71 bits per heavy atom. The molecule has 1 atom stereocenters. The van der Waals surface area contributed by atoms with E-state index in [4.69, 9.17) is 0 Å². The molecule has 1 unspecified atom stereocenters. The smallest absolute Gasteiger partial charge is 0.237 e. The summed E-state index contributed by atoms with van der Waals surface area (Å²) in [5.41, 5.74) is 2.00. The average molecular weight is 344 g/mol. The van der Waals surface area contributed by atoms with Gasteiger partial charge in [-0.2, -0.15) is 0 Å². The largest absolute Gasteiger partial charge is 0.325 e. The minimum Gasteiger partial charge on any atom is -0.325 e. The fourth-order valence-corrected chi connectivity index (χ4v) is 3.25. The second-order valence-electron chi connectivity index (χ2n) is 5.92. The molecule has 0 bridgehead atoms. The summed E-state index contributed by atoms with van der Waals surface area (Å²) in [7, 11) is 0. The van der Waals surface area contributed by atoms with Crippen LogP contribution in [0.25, 0.3) is 0 Å². The molecule has 128 valence electrons. The lowest BCUT2D eigenvalue weighted by Crippen LogP contribution is -2.23. The third kappa shape index (κ3) is 4.26. The number of aromatic nitrogens is 3. The van der Waals surface area contributed by atoms with Crippen molar-refractivity contribution in [3.05, 3.63) is 48.3 Å². The van der Waals surface area contributed by atoms with E-state index in [0.717, 1.165) is 22.2 Å². The number of carbonyl (C=O) groups excluding carboxylic acids is 1. The number of anilines is 1. The number of amides is 1. The number of hydrogen-bond donors (Lipinski definition) is 1. The first-order valence-corrected chi connectivity index (χ1v) is 8.89. The van der Waals surface area contributed by atoms with Crippen LogP contribution in [0.15, 0.2) is 42.1 Å². The number of hydrogen-bond acceptors (Lipinski definition) is 4. The molecule has 24 heavy (non-hydrogen) atoms. The molecule has 1 N–H and O–H groups in total. The highest BCUT2D eigenvalue weighted by atomic mass is 32.2. The third-order valence-corrected chi connectivity index (χ3v) is 4.79. The quantitative estimate of drug-likeness (QED) is 0.609. The lowest BCUT2D eigenvalue weighted by atomic mass is 10.0. The van der Waals surface area contributed by atoms with Gasteiger partial charge >= 0.3 is 0 Å². The van der Waals surface area contributed by atoms with Gasteiger partial charge in [0, 0.05) is 12.2 Å². The molecule has 2 aromatic rings. The van der Waals surface area contributed by atoms with Gasteiger partial charge in [-0.3, -0.25) is 4.79 Å². The van der Waals surface area contributed by atoms with Crippen LogP contribution in [0, 0.1) is 6.92 Å². The molecule has 2 rings (SSSR count). The van der Waals surface area contributed by atoms with Crippen molar-refractivity contribution >= 4 is 23.4 Å². The van der Waals surface area contributed by atoms with Crippen molar-refractivity contribution in [1.82, 2.24) is 14.8 Å². The van der Waals surface area contributed by atoms with Gasteiger partial charge in [-0.05, 0) is 31.4 Å². The van der Waals surface area contributed by atoms with Gasteiger partial charge in [-0.15, -0.1) is 16.8 Å². The molecule has 0 radical (unpaired) electrons. The minimum atomic E-state index is -0.280. The Morgan fingerprint density at radius 2 is 2.04 bits per heavy atom. The molecule has 1 aromatic heterocycles. The highest BCUT2D eigenvalue weighted by Gasteiger charge is 2.20. The summed E-state index contributed by atoms with van der Waals surface area (Å²) in [6, 6.07) is 7.91. The van der Waals surface area contributed by atoms with Gasteiger partial charge in [0.25, 0.3) is 0 Å². The van der Waals surface area contributed by atoms with Gasteiger partial charge in [0.15, 0.2) is 5.16 Å². The van der Waals surface area contributed by atoms with Crippen LogP contribution in [-0.2, 0) is 11.3 Å². The lowest BCUT2D eigenvalue weighted by Gasteiger charge is -2.16. The van der Waals surface area contributed by atoms with Crippen LogP contribution in [0.1, 0.15) is 38.1 Å². The third-order valence-electron chi connectivity index (χ3n) is 3.71. The molecule has 0 aliphatic heterocycles.